The van der Waals surface area contributed by atoms with E-state index >= 15 is 0 Å². The summed E-state index contributed by atoms with van der Waals surface area (Å²) in [5, 5.41) is 13.2. The largest absolute Gasteiger partial charge is 0.220 e. The summed E-state index contributed by atoms with van der Waals surface area (Å²) < 4.78 is 11.4. The van der Waals surface area contributed by atoms with Crippen molar-refractivity contribution in [1.82, 2.24) is 0 Å². The Balaban J connectivity index is 0.000000164. The van der Waals surface area contributed by atoms with Crippen LogP contribution in [0.3, 0.4) is 0 Å². The lowest BCUT2D eigenvalue weighted by molar-refractivity contribution is -0.659. The van der Waals surface area contributed by atoms with Gasteiger partial charge in [0.1, 0.15) is 35.2 Å². The maximum atomic E-state index is 2.43. The Morgan fingerprint density at radius 2 is 0.423 bits per heavy atom. The molecule has 0 saturated heterocycles. The molecular weight excluding hydrogens is 1660 g/mol. The van der Waals surface area contributed by atoms with Crippen molar-refractivity contribution in [2.75, 3.05) is 0 Å². The van der Waals surface area contributed by atoms with Crippen molar-refractivity contribution >= 4 is 53.9 Å². The number of hydrogen-bond donors (Lipinski definition) is 0. The minimum atomic E-state index is 0.0999. The Labute approximate surface area is 830 Å². The van der Waals surface area contributed by atoms with Crippen molar-refractivity contribution in [3.8, 4) is 56.3 Å². The molecule has 5 heteroatoms. The smallest absolute Gasteiger partial charge is 0.200 e. The minimum absolute atomic E-state index is 0.0999. The first kappa shape index (κ1) is 107. The van der Waals surface area contributed by atoms with Crippen LogP contribution >= 0.6 is 0 Å². The Hall–Kier alpha value is -10.8. The first-order chi connectivity index (χ1) is 63.1. The van der Waals surface area contributed by atoms with Crippen LogP contribution in [0.25, 0.3) is 110 Å². The number of pyridine rings is 5. The Kier molecular flexibility index (Phi) is 31.0. The second-order valence-corrected chi connectivity index (χ2v) is 50.6. The van der Waals surface area contributed by atoms with E-state index in [-0.39, 0.29) is 48.7 Å². The summed E-state index contributed by atoms with van der Waals surface area (Å²) in [5.41, 5.74) is 40.9. The summed E-state index contributed by atoms with van der Waals surface area (Å²) in [6.45, 7) is 91.3. The molecule has 0 radical (unpaired) electrons. The highest BCUT2D eigenvalue weighted by Crippen LogP contribution is 2.45. The van der Waals surface area contributed by atoms with E-state index in [2.05, 4.69) is 554 Å². The van der Waals surface area contributed by atoms with Crippen molar-refractivity contribution < 1.29 is 22.8 Å². The molecule has 0 bridgehead atoms. The molecule has 15 rings (SSSR count). The third-order valence-electron chi connectivity index (χ3n) is 29.1. The summed E-state index contributed by atoms with van der Waals surface area (Å²) >= 11 is 0. The van der Waals surface area contributed by atoms with Crippen molar-refractivity contribution in [2.24, 2.45) is 35.2 Å². The number of aromatic nitrogens is 5. The second kappa shape index (κ2) is 39.9. The van der Waals surface area contributed by atoms with E-state index in [1.165, 1.54) is 216 Å². The number of hydrogen-bond acceptors (Lipinski definition) is 0. The fourth-order valence-corrected chi connectivity index (χ4v) is 19.3. The molecule has 5 heterocycles. The van der Waals surface area contributed by atoms with Gasteiger partial charge in [0.05, 0.1) is 49.2 Å². The number of nitrogens with zero attached hydrogens (tertiary/aromatic N) is 5. The zero-order valence-electron chi connectivity index (χ0n) is 93.8. The fraction of sp³-hybridized carbons (Fsp3) is 0.432. The van der Waals surface area contributed by atoms with Gasteiger partial charge in [-0.2, -0.15) is 0 Å². The highest BCUT2D eigenvalue weighted by Gasteiger charge is 2.33. The van der Waals surface area contributed by atoms with Crippen molar-refractivity contribution in [1.29, 1.82) is 0 Å². The Bertz CT molecular complexity index is 7020. The first-order valence-corrected chi connectivity index (χ1v) is 50.9. The molecule has 137 heavy (non-hydrogen) atoms. The minimum Gasteiger partial charge on any atom is -0.200 e. The normalized spacial score (nSPS) is 12.6. The van der Waals surface area contributed by atoms with Crippen molar-refractivity contribution in [2.45, 2.75) is 343 Å². The quantitative estimate of drug-likeness (QED) is 0.135. The number of aryl methyl sites for hydroxylation is 8. The van der Waals surface area contributed by atoms with Gasteiger partial charge in [-0.15, -0.1) is 0 Å². The van der Waals surface area contributed by atoms with Gasteiger partial charge >= 0.3 is 0 Å². The van der Waals surface area contributed by atoms with Gasteiger partial charge in [0.2, 0.25) is 28.5 Å². The summed E-state index contributed by atoms with van der Waals surface area (Å²) in [7, 11) is 10.8. The zero-order valence-corrected chi connectivity index (χ0v) is 93.8. The van der Waals surface area contributed by atoms with Gasteiger partial charge in [-0.3, -0.25) is 0 Å². The lowest BCUT2D eigenvalue weighted by Gasteiger charge is -2.28. The molecule has 5 aromatic heterocycles. The summed E-state index contributed by atoms with van der Waals surface area (Å²) in [6, 6.07) is 72.1. The van der Waals surface area contributed by atoms with E-state index in [9.17, 15) is 0 Å². The molecule has 0 fully saturated rings. The van der Waals surface area contributed by atoms with Crippen LogP contribution < -0.4 is 22.8 Å². The van der Waals surface area contributed by atoms with E-state index < -0.39 is 0 Å². The molecule has 5 nitrogen and oxygen atoms in total. The molecule has 0 aliphatic heterocycles. The van der Waals surface area contributed by atoms with Crippen LogP contribution in [0.2, 0.25) is 0 Å². The van der Waals surface area contributed by atoms with Gasteiger partial charge in [-0.1, -0.05) is 326 Å². The molecule has 722 valence electrons. The zero-order chi connectivity index (χ0) is 102. The Morgan fingerprint density at radius 3 is 0.701 bits per heavy atom. The molecule has 0 spiro atoms. The monoisotopic (exact) mass is 1830 g/mol. The van der Waals surface area contributed by atoms with Crippen LogP contribution in [-0.4, -0.2) is 0 Å². The SMILES string of the molecule is Cc1c(-c2c3ccc(C(C)(C)C)cc3cc[n+]2C)cc(C(C)(C)C)cc1C(C)(C)C.Cc1c(-c2c3ccc(C(C)(C)C)cc3cc[n+]2C)cc(C(C)C)cc1C(C)C.Cc1cc(C(C)(C)C)cc(-c2c3ccc(C(C)(C)C)cc3cc[n+]2C)c1C.Cc1cc(C(C)C)cc(-c2c3ccc(C(C)(C)C)cc3cc[n+]2C)c1C.Cc1ccc(C(C)(C)C)cc1-c1c2ccc(C(C)(C)C)cc2cc[n+]1C. The molecule has 10 aromatic carbocycles. The Morgan fingerprint density at radius 1 is 0.190 bits per heavy atom. The third-order valence-corrected chi connectivity index (χ3v) is 29.1. The van der Waals surface area contributed by atoms with Gasteiger partial charge in [-0.25, -0.2) is 22.8 Å². The highest BCUT2D eigenvalue weighted by molar-refractivity contribution is 5.99. The molecule has 0 amide bonds. The van der Waals surface area contributed by atoms with Gasteiger partial charge in [-0.05, 0) is 308 Å². The van der Waals surface area contributed by atoms with Gasteiger partial charge < -0.3 is 0 Å². The lowest BCUT2D eigenvalue weighted by atomic mass is 9.76. The van der Waals surface area contributed by atoms with Crippen LogP contribution in [0.1, 0.15) is 352 Å². The topological polar surface area (TPSA) is 19.4 Å². The lowest BCUT2D eigenvalue weighted by Crippen LogP contribution is -2.31. The van der Waals surface area contributed by atoms with Crippen LogP contribution in [0, 0.1) is 48.5 Å². The van der Waals surface area contributed by atoms with Gasteiger partial charge in [0.15, 0.2) is 31.0 Å². The first-order valence-electron chi connectivity index (χ1n) is 50.9. The number of benzene rings is 10. The van der Waals surface area contributed by atoms with Crippen LogP contribution in [0.5, 0.6) is 0 Å². The van der Waals surface area contributed by atoms with E-state index in [1.807, 2.05) is 0 Å². The molecule has 0 N–H and O–H groups in total. The van der Waals surface area contributed by atoms with Crippen LogP contribution in [0.15, 0.2) is 219 Å². The summed E-state index contributed by atoms with van der Waals surface area (Å²) in [4.78, 5) is 0. The number of rotatable bonds is 8. The third kappa shape index (κ3) is 23.9. The van der Waals surface area contributed by atoms with Gasteiger partial charge in [0.25, 0.3) is 0 Å². The second-order valence-electron chi connectivity index (χ2n) is 50.6. The van der Waals surface area contributed by atoms with E-state index in [0.717, 1.165) is 0 Å². The van der Waals surface area contributed by atoms with E-state index in [0.29, 0.717) is 17.8 Å². The average Bonchev–Trinajstić information content (AvgIpc) is 0.565. The van der Waals surface area contributed by atoms with E-state index in [1.54, 1.807) is 0 Å². The predicted molar refractivity (Wildman–Crippen MR) is 597 cm³/mol. The van der Waals surface area contributed by atoms with Crippen LogP contribution in [0.4, 0.5) is 0 Å². The van der Waals surface area contributed by atoms with Gasteiger partial charge in [0, 0.05) is 35.9 Å². The highest BCUT2D eigenvalue weighted by atomic mass is 14.9. The molecule has 0 atom stereocenters. The molecule has 0 aliphatic rings. The average molecular weight is 1830 g/mol. The van der Waals surface area contributed by atoms with Crippen molar-refractivity contribution in [3.05, 3.63) is 325 Å². The summed E-state index contributed by atoms with van der Waals surface area (Å²) in [6.07, 6.45) is 11.0. The van der Waals surface area contributed by atoms with Crippen LogP contribution in [-0.2, 0) is 84.0 Å². The molecule has 0 saturated carbocycles. The fourth-order valence-electron chi connectivity index (χ4n) is 19.3. The van der Waals surface area contributed by atoms with E-state index in [4.69, 9.17) is 0 Å². The predicted octanol–water partition coefficient (Wildman–Crippen LogP) is 33.9. The standard InChI is InChI=1S/C29H40N.C27H36N.C26H34N.2C25H32N/c1-19-24(17-22(28(5,6)7)18-25(19)29(8,9)10)26-23-13-12-21(27(2,3)4)16-20(23)14-15-30(26)11;1-17(2)21-15-24(18(3)4)19(5)25(16-21)26-23-11-10-22(27(6,7)8)14-20(23)12-13-28(26)9;1-17-14-21(26(6,7)8)16-23(18(17)2)24-22-11-10-20(25(3,4)5)15-19(22)12-13-27(24)9;1-16(2)20-13-17(3)18(4)23(15-20)24-22-10-9-21(25(5,6)7)14-19(22)11-12-26(24)8;1-17-9-10-20(25(5,6)7)16-22(17)23-21-12-11-19(24(2,3)4)15-18(21)13-14-26(23)8/h12-18H,1-11H3;10-18H,1-9H3;10-16H,1-9H3;2*9-16H,1-8H3/q5*+1. The van der Waals surface area contributed by atoms with Crippen molar-refractivity contribution in [3.63, 3.8) is 0 Å². The summed E-state index contributed by atoms with van der Waals surface area (Å²) in [5.74, 6) is 1.57. The molecular formula is C132H174N5+5. The molecule has 15 aromatic rings. The maximum Gasteiger partial charge on any atom is 0.220 e. The molecule has 0 unspecified atom stereocenters. The molecule has 0 aliphatic carbocycles. The maximum absolute atomic E-state index is 2.43. The number of fused-ring (bicyclic) bond motifs is 5.